The van der Waals surface area contributed by atoms with Crippen molar-refractivity contribution < 1.29 is 0 Å². The van der Waals surface area contributed by atoms with Crippen molar-refractivity contribution in [3.63, 3.8) is 0 Å². The van der Waals surface area contributed by atoms with E-state index < -0.39 is 0 Å². The number of nitrogens with zero attached hydrogens (tertiary/aromatic N) is 4. The lowest BCUT2D eigenvalue weighted by atomic mass is 9.90. The summed E-state index contributed by atoms with van der Waals surface area (Å²) in [4.78, 5) is 15.3. The Morgan fingerprint density at radius 3 is 1.39 bits per heavy atom. The maximum Gasteiger partial charge on any atom is 0.164 e. The Bertz CT molecular complexity index is 4400. The first-order valence-corrected chi connectivity index (χ1v) is 25.0. The highest BCUT2D eigenvalue weighted by Crippen LogP contribution is 2.49. The monoisotopic (exact) mass is 938 g/mol. The van der Waals surface area contributed by atoms with Crippen LogP contribution >= 0.6 is 0 Å². The minimum Gasteiger partial charge on any atom is -0.208 e. The molecule has 0 aliphatic heterocycles. The van der Waals surface area contributed by atoms with Gasteiger partial charge in [0.25, 0.3) is 0 Å². The molecule has 0 unspecified atom stereocenters. The number of nitriles is 1. The van der Waals surface area contributed by atoms with Crippen molar-refractivity contribution in [2.45, 2.75) is 0 Å². The second-order valence-corrected chi connectivity index (χ2v) is 19.0. The van der Waals surface area contributed by atoms with E-state index in [0.29, 0.717) is 23.0 Å². The number of hydrogen-bond donors (Lipinski definition) is 0. The van der Waals surface area contributed by atoms with Gasteiger partial charge in [0.15, 0.2) is 17.5 Å². The van der Waals surface area contributed by atoms with Crippen molar-refractivity contribution in [3.8, 4) is 118 Å². The van der Waals surface area contributed by atoms with E-state index in [2.05, 4.69) is 224 Å². The number of hydrogen-bond acceptors (Lipinski definition) is 4. The van der Waals surface area contributed by atoms with Crippen LogP contribution in [0.2, 0.25) is 0 Å². The molecule has 74 heavy (non-hydrogen) atoms. The first-order valence-electron chi connectivity index (χ1n) is 25.0. The predicted molar refractivity (Wildman–Crippen MR) is 305 cm³/mol. The van der Waals surface area contributed by atoms with Gasteiger partial charge in [0.2, 0.25) is 0 Å². The molecule has 1 aliphatic rings. The Morgan fingerprint density at radius 2 is 0.689 bits per heavy atom. The third kappa shape index (κ3) is 7.34. The second kappa shape index (κ2) is 17.6. The first-order chi connectivity index (χ1) is 36.6. The summed E-state index contributed by atoms with van der Waals surface area (Å²) in [5, 5.41) is 17.9. The van der Waals surface area contributed by atoms with Gasteiger partial charge in [-0.1, -0.05) is 218 Å². The van der Waals surface area contributed by atoms with Gasteiger partial charge in [0.05, 0.1) is 11.6 Å². The van der Waals surface area contributed by atoms with Crippen LogP contribution in [0, 0.1) is 11.3 Å². The normalized spacial score (nSPS) is 11.5. The van der Waals surface area contributed by atoms with Crippen LogP contribution in [0.15, 0.2) is 255 Å². The van der Waals surface area contributed by atoms with E-state index in [1.807, 2.05) is 36.4 Å². The van der Waals surface area contributed by atoms with Gasteiger partial charge in [0, 0.05) is 22.3 Å². The van der Waals surface area contributed by atoms with Crippen LogP contribution in [0.5, 0.6) is 0 Å². The molecule has 12 aromatic carbocycles. The van der Waals surface area contributed by atoms with Gasteiger partial charge in [-0.3, -0.25) is 0 Å². The third-order valence-corrected chi connectivity index (χ3v) is 14.7. The number of aromatic nitrogens is 3. The molecule has 4 heteroatoms. The lowest BCUT2D eigenvalue weighted by molar-refractivity contribution is 1.07. The predicted octanol–water partition coefficient (Wildman–Crippen LogP) is 18.2. The summed E-state index contributed by atoms with van der Waals surface area (Å²) in [5.74, 6) is 1.79. The molecule has 0 N–H and O–H groups in total. The fraction of sp³-hybridized carbons (Fsp3) is 0. The molecule has 13 aromatic rings. The van der Waals surface area contributed by atoms with Crippen molar-refractivity contribution in [2.75, 3.05) is 0 Å². The molecule has 1 aromatic heterocycles. The zero-order valence-electron chi connectivity index (χ0n) is 40.0. The van der Waals surface area contributed by atoms with Crippen LogP contribution in [0.1, 0.15) is 5.56 Å². The minimum absolute atomic E-state index is 0.585. The molecule has 1 heterocycles. The van der Waals surface area contributed by atoms with Gasteiger partial charge in [-0.25, -0.2) is 15.0 Å². The molecule has 0 atom stereocenters. The Balaban J connectivity index is 0.801. The standard InChI is InChI=1S/C70H42N4/c71-43-55-35-34-50(48-18-11-21-52(39-48)66-42-53-16-4-5-23-56(53)58-24-6-9-27-61(58)66)41-65(55)51-20-10-17-47(38-51)49-19-12-22-54(40-49)70-73-68(45-14-2-1-3-15-45)72-69(74-70)46-32-30-44(31-33-46)57-36-37-64-60-26-8-7-25-59(60)63-29-13-28-62(57)67(63)64/h1-42H. The van der Waals surface area contributed by atoms with E-state index in [-0.39, 0.29) is 0 Å². The average molecular weight is 939 g/mol. The molecule has 0 bridgehead atoms. The second-order valence-electron chi connectivity index (χ2n) is 19.0. The first kappa shape index (κ1) is 42.8. The maximum absolute atomic E-state index is 10.5. The molecule has 14 rings (SSSR count). The zero-order chi connectivity index (χ0) is 49.1. The molecule has 4 nitrogen and oxygen atoms in total. The third-order valence-electron chi connectivity index (χ3n) is 14.7. The average Bonchev–Trinajstić information content (AvgIpc) is 3.84. The highest BCUT2D eigenvalue weighted by molar-refractivity contribution is 6.19. The number of benzene rings is 12. The summed E-state index contributed by atoms with van der Waals surface area (Å²) >= 11 is 0. The summed E-state index contributed by atoms with van der Waals surface area (Å²) < 4.78 is 0. The fourth-order valence-electron chi connectivity index (χ4n) is 11.1. The summed E-state index contributed by atoms with van der Waals surface area (Å²) in [6.45, 7) is 0. The van der Waals surface area contributed by atoms with Gasteiger partial charge >= 0.3 is 0 Å². The molecule has 0 spiro atoms. The van der Waals surface area contributed by atoms with Gasteiger partial charge in [-0.05, 0) is 141 Å². The number of rotatable bonds is 8. The van der Waals surface area contributed by atoms with Crippen molar-refractivity contribution in [1.29, 1.82) is 5.26 Å². The quantitative estimate of drug-likeness (QED) is 0.142. The van der Waals surface area contributed by atoms with Gasteiger partial charge in [-0.2, -0.15) is 5.26 Å². The lowest BCUT2D eigenvalue weighted by Crippen LogP contribution is -2.00. The summed E-state index contributed by atoms with van der Waals surface area (Å²) in [5.41, 5.74) is 19.1. The van der Waals surface area contributed by atoms with Crippen molar-refractivity contribution in [3.05, 3.63) is 260 Å². The molecule has 0 saturated heterocycles. The fourth-order valence-corrected chi connectivity index (χ4v) is 11.1. The van der Waals surface area contributed by atoms with E-state index in [1.54, 1.807) is 0 Å². The van der Waals surface area contributed by atoms with Crippen LogP contribution in [0.4, 0.5) is 0 Å². The molecule has 342 valence electrons. The van der Waals surface area contributed by atoms with Crippen LogP contribution in [0.25, 0.3) is 144 Å². The lowest BCUT2D eigenvalue weighted by Gasteiger charge is -2.14. The number of fused-ring (bicyclic) bond motifs is 6. The van der Waals surface area contributed by atoms with Crippen molar-refractivity contribution >= 4 is 32.3 Å². The Morgan fingerprint density at radius 1 is 0.243 bits per heavy atom. The van der Waals surface area contributed by atoms with Crippen LogP contribution in [-0.2, 0) is 0 Å². The Hall–Kier alpha value is -10.1. The SMILES string of the molecule is N#Cc1ccc(-c2cccc(-c3cc4ccccc4c4ccccc34)c2)cc1-c1cccc(-c2cccc(-c3nc(-c4ccccc4)nc(-c4ccc(-c5ccc6c7c(cccc57)-c5ccccc5-6)cc4)n3)c2)c1. The van der Waals surface area contributed by atoms with Gasteiger partial charge in [-0.15, -0.1) is 0 Å². The van der Waals surface area contributed by atoms with Crippen molar-refractivity contribution in [2.24, 2.45) is 0 Å². The van der Waals surface area contributed by atoms with E-state index in [4.69, 9.17) is 15.0 Å². The molecular formula is C70H42N4. The minimum atomic E-state index is 0.585. The highest BCUT2D eigenvalue weighted by Gasteiger charge is 2.23. The molecule has 0 radical (unpaired) electrons. The molecular weight excluding hydrogens is 897 g/mol. The highest BCUT2D eigenvalue weighted by atomic mass is 15.0. The Kier molecular flexibility index (Phi) is 10.2. The van der Waals surface area contributed by atoms with Crippen LogP contribution in [-0.4, -0.2) is 15.0 Å². The zero-order valence-corrected chi connectivity index (χ0v) is 40.0. The Labute approximate surface area is 428 Å². The topological polar surface area (TPSA) is 62.5 Å². The molecule has 0 saturated carbocycles. The van der Waals surface area contributed by atoms with Crippen molar-refractivity contribution in [1.82, 2.24) is 15.0 Å². The van der Waals surface area contributed by atoms with E-state index >= 15 is 0 Å². The van der Waals surface area contributed by atoms with E-state index in [9.17, 15) is 5.26 Å². The van der Waals surface area contributed by atoms with Crippen LogP contribution in [0.3, 0.4) is 0 Å². The largest absolute Gasteiger partial charge is 0.208 e. The van der Waals surface area contributed by atoms with Gasteiger partial charge < -0.3 is 0 Å². The smallest absolute Gasteiger partial charge is 0.164 e. The summed E-state index contributed by atoms with van der Waals surface area (Å²) in [6.07, 6.45) is 0. The maximum atomic E-state index is 10.5. The van der Waals surface area contributed by atoms with Crippen LogP contribution < -0.4 is 0 Å². The summed E-state index contributed by atoms with van der Waals surface area (Å²) in [6, 6.07) is 92.3. The van der Waals surface area contributed by atoms with E-state index in [0.717, 1.165) is 61.2 Å². The molecule has 1 aliphatic carbocycles. The molecule has 0 fully saturated rings. The summed E-state index contributed by atoms with van der Waals surface area (Å²) in [7, 11) is 0. The van der Waals surface area contributed by atoms with Gasteiger partial charge in [0.1, 0.15) is 0 Å². The molecule has 0 amide bonds. The van der Waals surface area contributed by atoms with E-state index in [1.165, 1.54) is 65.7 Å².